The third kappa shape index (κ3) is 3.21. The first-order chi connectivity index (χ1) is 9.27. The lowest BCUT2D eigenvalue weighted by molar-refractivity contribution is -0.138. The zero-order chi connectivity index (χ0) is 14.9. The number of hydrogen-bond donors (Lipinski definition) is 0. The molecule has 0 fully saturated rings. The molecule has 20 heavy (non-hydrogen) atoms. The van der Waals surface area contributed by atoms with Gasteiger partial charge in [0.15, 0.2) is 0 Å². The molecule has 0 bridgehead atoms. The molecule has 0 spiro atoms. The van der Waals surface area contributed by atoms with E-state index in [4.69, 9.17) is 0 Å². The van der Waals surface area contributed by atoms with Crippen LogP contribution < -0.4 is 0 Å². The van der Waals surface area contributed by atoms with Crippen LogP contribution in [0.25, 0.3) is 0 Å². The molecule has 0 amide bonds. The van der Waals surface area contributed by atoms with Gasteiger partial charge in [-0.05, 0) is 49.9 Å². The number of aryl methyl sites for hydroxylation is 3. The zero-order valence-corrected chi connectivity index (χ0v) is 11.8. The van der Waals surface area contributed by atoms with E-state index in [1.807, 2.05) is 39.0 Å². The molecule has 0 saturated heterocycles. The quantitative estimate of drug-likeness (QED) is 0.706. The lowest BCUT2D eigenvalue weighted by Gasteiger charge is -2.15. The Hall–Kier alpha value is -1.77. The fourth-order valence-electron chi connectivity index (χ4n) is 2.34. The molecule has 0 heterocycles. The molecular weight excluding hydrogens is 261 g/mol. The summed E-state index contributed by atoms with van der Waals surface area (Å²) in [4.78, 5) is 0. The van der Waals surface area contributed by atoms with Crippen molar-refractivity contribution in [3.8, 4) is 0 Å². The van der Waals surface area contributed by atoms with Crippen LogP contribution in [-0.4, -0.2) is 0 Å². The summed E-state index contributed by atoms with van der Waals surface area (Å²) in [5.41, 5.74) is 3.67. The molecule has 0 atom stereocenters. The van der Waals surface area contributed by atoms with E-state index in [-0.39, 0.29) is 0 Å². The molecule has 0 aromatic heterocycles. The van der Waals surface area contributed by atoms with Crippen LogP contribution in [0.2, 0.25) is 0 Å². The highest BCUT2D eigenvalue weighted by Crippen LogP contribution is 2.33. The van der Waals surface area contributed by atoms with Crippen molar-refractivity contribution < 1.29 is 13.2 Å². The second-order valence-electron chi connectivity index (χ2n) is 5.27. The summed E-state index contributed by atoms with van der Waals surface area (Å²) in [6.07, 6.45) is -4.00. The highest BCUT2D eigenvalue weighted by Gasteiger charge is 2.33. The van der Waals surface area contributed by atoms with Crippen LogP contribution in [-0.2, 0) is 12.6 Å². The molecule has 0 saturated carbocycles. The smallest absolute Gasteiger partial charge is 0.166 e. The highest BCUT2D eigenvalue weighted by atomic mass is 19.4. The van der Waals surface area contributed by atoms with Gasteiger partial charge < -0.3 is 0 Å². The third-order valence-corrected chi connectivity index (χ3v) is 3.45. The minimum Gasteiger partial charge on any atom is -0.166 e. The van der Waals surface area contributed by atoms with Gasteiger partial charge in [-0.1, -0.05) is 41.5 Å². The molecule has 0 unspecified atom stereocenters. The summed E-state index contributed by atoms with van der Waals surface area (Å²) in [6.45, 7) is 5.69. The first kappa shape index (κ1) is 14.6. The predicted octanol–water partition coefficient (Wildman–Crippen LogP) is 5.22. The number of rotatable bonds is 2. The Morgan fingerprint density at radius 2 is 1.35 bits per heavy atom. The summed E-state index contributed by atoms with van der Waals surface area (Å²) in [5, 5.41) is 0. The van der Waals surface area contributed by atoms with Crippen LogP contribution in [0.4, 0.5) is 13.2 Å². The van der Waals surface area contributed by atoms with Crippen molar-refractivity contribution in [2.75, 3.05) is 0 Å². The van der Waals surface area contributed by atoms with Gasteiger partial charge in [0, 0.05) is 0 Å². The number of alkyl halides is 3. The molecule has 0 N–H and O–H groups in total. The number of benzene rings is 2. The third-order valence-electron chi connectivity index (χ3n) is 3.45. The zero-order valence-electron chi connectivity index (χ0n) is 11.8. The van der Waals surface area contributed by atoms with Gasteiger partial charge in [-0.25, -0.2) is 0 Å². The minimum absolute atomic E-state index is 0.310. The summed E-state index contributed by atoms with van der Waals surface area (Å²) < 4.78 is 39.2. The molecule has 0 nitrogen and oxygen atoms in total. The average Bonchev–Trinajstić information content (AvgIpc) is 2.32. The topological polar surface area (TPSA) is 0 Å². The van der Waals surface area contributed by atoms with Crippen molar-refractivity contribution in [2.45, 2.75) is 33.4 Å². The van der Waals surface area contributed by atoms with E-state index in [2.05, 4.69) is 0 Å². The van der Waals surface area contributed by atoms with Crippen molar-refractivity contribution in [3.05, 3.63) is 69.8 Å². The maximum atomic E-state index is 13.1. The maximum Gasteiger partial charge on any atom is 0.416 e. The van der Waals surface area contributed by atoms with E-state index in [1.54, 1.807) is 6.07 Å². The Kier molecular flexibility index (Phi) is 3.89. The fraction of sp³-hybridized carbons (Fsp3) is 0.294. The molecule has 2 aromatic rings. The molecule has 106 valence electrons. The SMILES string of the molecule is Cc1ccc(C)c(Cc2cc(C)ccc2C(F)(F)F)c1. The van der Waals surface area contributed by atoms with Gasteiger partial charge in [0.25, 0.3) is 0 Å². The Balaban J connectivity index is 2.47. The van der Waals surface area contributed by atoms with Crippen molar-refractivity contribution >= 4 is 0 Å². The van der Waals surface area contributed by atoms with Crippen LogP contribution >= 0.6 is 0 Å². The second kappa shape index (κ2) is 5.31. The van der Waals surface area contributed by atoms with Gasteiger partial charge in [-0.15, -0.1) is 0 Å². The number of hydrogen-bond acceptors (Lipinski definition) is 0. The fourth-order valence-corrected chi connectivity index (χ4v) is 2.34. The van der Waals surface area contributed by atoms with Crippen LogP contribution in [0, 0.1) is 20.8 Å². The normalized spacial score (nSPS) is 11.7. The van der Waals surface area contributed by atoms with E-state index in [1.165, 1.54) is 12.1 Å². The van der Waals surface area contributed by atoms with Gasteiger partial charge in [0.05, 0.1) is 5.56 Å². The van der Waals surface area contributed by atoms with E-state index in [0.29, 0.717) is 12.0 Å². The lowest BCUT2D eigenvalue weighted by atomic mass is 9.94. The molecule has 2 rings (SSSR count). The van der Waals surface area contributed by atoms with E-state index in [9.17, 15) is 13.2 Å². The molecule has 0 aliphatic heterocycles. The largest absolute Gasteiger partial charge is 0.416 e. The highest BCUT2D eigenvalue weighted by molar-refractivity contribution is 5.40. The Morgan fingerprint density at radius 1 is 0.800 bits per heavy atom. The van der Waals surface area contributed by atoms with Gasteiger partial charge in [-0.2, -0.15) is 13.2 Å². The van der Waals surface area contributed by atoms with Gasteiger partial charge in [-0.3, -0.25) is 0 Å². The Labute approximate surface area is 117 Å². The molecular formula is C17H17F3. The van der Waals surface area contributed by atoms with Crippen molar-refractivity contribution in [3.63, 3.8) is 0 Å². The molecule has 0 aliphatic carbocycles. The summed E-state index contributed by atoms with van der Waals surface area (Å²) in [5.74, 6) is 0. The molecule has 2 aromatic carbocycles. The van der Waals surface area contributed by atoms with Crippen LogP contribution in [0.3, 0.4) is 0 Å². The van der Waals surface area contributed by atoms with Crippen LogP contribution in [0.5, 0.6) is 0 Å². The minimum atomic E-state index is -4.30. The molecule has 0 radical (unpaired) electrons. The predicted molar refractivity (Wildman–Crippen MR) is 74.9 cm³/mol. The first-order valence-electron chi connectivity index (χ1n) is 6.50. The first-order valence-corrected chi connectivity index (χ1v) is 6.50. The van der Waals surface area contributed by atoms with E-state index < -0.39 is 11.7 Å². The lowest BCUT2D eigenvalue weighted by Crippen LogP contribution is -2.10. The second-order valence-corrected chi connectivity index (χ2v) is 5.27. The standard InChI is InChI=1S/C17H17F3/c1-11-4-6-13(3)14(8-11)10-15-9-12(2)5-7-16(15)17(18,19)20/h4-9H,10H2,1-3H3. The van der Waals surface area contributed by atoms with E-state index in [0.717, 1.165) is 22.3 Å². The van der Waals surface area contributed by atoms with E-state index >= 15 is 0 Å². The molecule has 3 heteroatoms. The van der Waals surface area contributed by atoms with Crippen LogP contribution in [0.1, 0.15) is 33.4 Å². The van der Waals surface area contributed by atoms with Crippen LogP contribution in [0.15, 0.2) is 36.4 Å². The maximum absolute atomic E-state index is 13.1. The Bertz CT molecular complexity index is 625. The number of halogens is 3. The Morgan fingerprint density at radius 3 is 1.95 bits per heavy atom. The average molecular weight is 278 g/mol. The van der Waals surface area contributed by atoms with Crippen molar-refractivity contribution in [1.82, 2.24) is 0 Å². The molecule has 0 aliphatic rings. The van der Waals surface area contributed by atoms with Crippen molar-refractivity contribution in [2.24, 2.45) is 0 Å². The van der Waals surface area contributed by atoms with Gasteiger partial charge in [0.1, 0.15) is 0 Å². The monoisotopic (exact) mass is 278 g/mol. The van der Waals surface area contributed by atoms with Gasteiger partial charge >= 0.3 is 6.18 Å². The summed E-state index contributed by atoms with van der Waals surface area (Å²) in [7, 11) is 0. The summed E-state index contributed by atoms with van der Waals surface area (Å²) >= 11 is 0. The van der Waals surface area contributed by atoms with Crippen molar-refractivity contribution in [1.29, 1.82) is 0 Å². The summed E-state index contributed by atoms with van der Waals surface area (Å²) in [6, 6.07) is 10.2. The van der Waals surface area contributed by atoms with Gasteiger partial charge in [0.2, 0.25) is 0 Å².